The molecule has 2 rings (SSSR count). The van der Waals surface area contributed by atoms with Gasteiger partial charge in [0.25, 0.3) is 0 Å². The maximum absolute atomic E-state index is 4.24. The van der Waals surface area contributed by atoms with Crippen molar-refractivity contribution in [1.82, 2.24) is 9.97 Å². The van der Waals surface area contributed by atoms with Gasteiger partial charge in [-0.15, -0.1) is 0 Å². The van der Waals surface area contributed by atoms with E-state index >= 15 is 0 Å². The highest BCUT2D eigenvalue weighted by atomic mass is 79.9. The van der Waals surface area contributed by atoms with E-state index in [-0.39, 0.29) is 0 Å². The zero-order chi connectivity index (χ0) is 12.1. The van der Waals surface area contributed by atoms with E-state index in [9.17, 15) is 0 Å². The van der Waals surface area contributed by atoms with Crippen molar-refractivity contribution >= 4 is 37.7 Å². The first-order valence-electron chi connectivity index (χ1n) is 5.21. The number of nitrogens with one attached hydrogen (secondary N) is 1. The Morgan fingerprint density at radius 3 is 2.59 bits per heavy atom. The molecule has 0 aliphatic rings. The molecule has 0 spiro atoms. The molecule has 0 saturated heterocycles. The second kappa shape index (κ2) is 6.12. The van der Waals surface area contributed by atoms with Gasteiger partial charge in [0.1, 0.15) is 9.21 Å². The van der Waals surface area contributed by atoms with E-state index in [0.717, 1.165) is 28.0 Å². The monoisotopic (exact) mass is 355 g/mol. The zero-order valence-electron chi connectivity index (χ0n) is 9.03. The van der Waals surface area contributed by atoms with Gasteiger partial charge in [-0.25, -0.2) is 9.97 Å². The van der Waals surface area contributed by atoms with E-state index in [1.807, 2.05) is 18.2 Å². The minimum Gasteiger partial charge on any atom is -0.367 e. The van der Waals surface area contributed by atoms with Crippen LogP contribution in [-0.2, 0) is 6.42 Å². The number of anilines is 1. The van der Waals surface area contributed by atoms with E-state index in [2.05, 4.69) is 59.3 Å². The average Bonchev–Trinajstić information content (AvgIpc) is 2.33. The van der Waals surface area contributed by atoms with Crippen LogP contribution in [0.15, 0.2) is 45.7 Å². The summed E-state index contributed by atoms with van der Waals surface area (Å²) in [5.74, 6) is 0.768. The summed E-state index contributed by atoms with van der Waals surface area (Å²) in [5.41, 5.74) is 1.31. The Labute approximate surface area is 117 Å². The predicted octanol–water partition coefficient (Wildman–Crippen LogP) is 3.66. The summed E-state index contributed by atoms with van der Waals surface area (Å²) < 4.78 is 1.44. The second-order valence-electron chi connectivity index (χ2n) is 3.49. The molecule has 0 radical (unpaired) electrons. The molecule has 88 valence electrons. The van der Waals surface area contributed by atoms with Gasteiger partial charge in [-0.2, -0.15) is 0 Å². The van der Waals surface area contributed by atoms with E-state index in [1.165, 1.54) is 5.56 Å². The third kappa shape index (κ3) is 3.78. The highest BCUT2D eigenvalue weighted by Gasteiger charge is 2.02. The Kier molecular flexibility index (Phi) is 4.50. The smallest absolute Gasteiger partial charge is 0.159 e. The molecule has 1 N–H and O–H groups in total. The fourth-order valence-electron chi connectivity index (χ4n) is 1.44. The molecule has 1 aromatic heterocycles. The summed E-state index contributed by atoms with van der Waals surface area (Å²) in [7, 11) is 0. The molecule has 0 unspecified atom stereocenters. The number of benzene rings is 1. The van der Waals surface area contributed by atoms with Gasteiger partial charge in [-0.1, -0.05) is 30.3 Å². The summed E-state index contributed by atoms with van der Waals surface area (Å²) in [4.78, 5) is 8.45. The highest BCUT2D eigenvalue weighted by Crippen LogP contribution is 2.19. The first-order chi connectivity index (χ1) is 8.25. The maximum atomic E-state index is 4.24. The second-order valence-corrected chi connectivity index (χ2v) is 5.06. The molecular weight excluding hydrogens is 346 g/mol. The van der Waals surface area contributed by atoms with Crippen LogP contribution in [0.3, 0.4) is 0 Å². The summed E-state index contributed by atoms with van der Waals surface area (Å²) in [6.07, 6.45) is 2.64. The predicted molar refractivity (Wildman–Crippen MR) is 76.1 cm³/mol. The van der Waals surface area contributed by atoms with Crippen LogP contribution in [0.25, 0.3) is 0 Å². The van der Waals surface area contributed by atoms with Gasteiger partial charge >= 0.3 is 0 Å². The van der Waals surface area contributed by atoms with Crippen molar-refractivity contribution in [3.8, 4) is 0 Å². The topological polar surface area (TPSA) is 37.8 Å². The fraction of sp³-hybridized carbons (Fsp3) is 0.167. The molecule has 0 bridgehead atoms. The lowest BCUT2D eigenvalue weighted by Gasteiger charge is -2.06. The minimum absolute atomic E-state index is 0.720. The van der Waals surface area contributed by atoms with Crippen LogP contribution >= 0.6 is 31.9 Å². The highest BCUT2D eigenvalue weighted by molar-refractivity contribution is 9.11. The molecule has 2 aromatic rings. The molecule has 0 aliphatic carbocycles. The van der Waals surface area contributed by atoms with Crippen molar-refractivity contribution in [2.75, 3.05) is 11.9 Å². The Balaban J connectivity index is 1.90. The lowest BCUT2D eigenvalue weighted by atomic mass is 10.1. The molecule has 0 fully saturated rings. The van der Waals surface area contributed by atoms with Gasteiger partial charge in [0, 0.05) is 6.54 Å². The Hall–Kier alpha value is -0.940. The van der Waals surface area contributed by atoms with Crippen molar-refractivity contribution in [2.45, 2.75) is 6.42 Å². The molecule has 0 amide bonds. The van der Waals surface area contributed by atoms with Crippen LogP contribution in [0.5, 0.6) is 0 Å². The van der Waals surface area contributed by atoms with Crippen LogP contribution in [0.1, 0.15) is 5.56 Å². The molecule has 0 saturated carbocycles. The quantitative estimate of drug-likeness (QED) is 0.908. The molecule has 1 aromatic carbocycles. The minimum atomic E-state index is 0.720. The standard InChI is InChI=1S/C12H11Br2N3/c13-10-8-16-12(11(14)17-10)15-7-6-9-4-2-1-3-5-9/h1-5,8H,6-7H2,(H,15,16). The normalized spacial score (nSPS) is 10.2. The van der Waals surface area contributed by atoms with Gasteiger partial charge in [0.15, 0.2) is 5.82 Å². The van der Waals surface area contributed by atoms with Crippen molar-refractivity contribution in [1.29, 1.82) is 0 Å². The lowest BCUT2D eigenvalue weighted by molar-refractivity contribution is 0.990. The summed E-state index contributed by atoms with van der Waals surface area (Å²) >= 11 is 6.64. The van der Waals surface area contributed by atoms with Crippen LogP contribution in [0.4, 0.5) is 5.82 Å². The van der Waals surface area contributed by atoms with E-state index in [1.54, 1.807) is 6.20 Å². The summed E-state index contributed by atoms with van der Waals surface area (Å²) in [5, 5.41) is 3.25. The average molecular weight is 357 g/mol. The van der Waals surface area contributed by atoms with E-state index in [4.69, 9.17) is 0 Å². The van der Waals surface area contributed by atoms with Crippen LogP contribution < -0.4 is 5.32 Å². The third-order valence-electron chi connectivity index (χ3n) is 2.25. The van der Waals surface area contributed by atoms with Crippen molar-refractivity contribution in [3.63, 3.8) is 0 Å². The molecule has 0 aliphatic heterocycles. The number of halogens is 2. The van der Waals surface area contributed by atoms with Crippen molar-refractivity contribution in [2.24, 2.45) is 0 Å². The molecule has 0 atom stereocenters. The Bertz CT molecular complexity index is 488. The van der Waals surface area contributed by atoms with Gasteiger partial charge in [-0.3, -0.25) is 0 Å². The molecule has 17 heavy (non-hydrogen) atoms. The lowest BCUT2D eigenvalue weighted by Crippen LogP contribution is -2.07. The van der Waals surface area contributed by atoms with E-state index in [0.29, 0.717) is 0 Å². The van der Waals surface area contributed by atoms with Gasteiger partial charge in [-0.05, 0) is 43.8 Å². The van der Waals surface area contributed by atoms with Crippen LogP contribution in [-0.4, -0.2) is 16.5 Å². The molecule has 1 heterocycles. The SMILES string of the molecule is Brc1cnc(NCCc2ccccc2)c(Br)n1. The first-order valence-corrected chi connectivity index (χ1v) is 6.80. The third-order valence-corrected chi connectivity index (χ3v) is 3.18. The Morgan fingerprint density at radius 1 is 1.12 bits per heavy atom. The van der Waals surface area contributed by atoms with Crippen molar-refractivity contribution < 1.29 is 0 Å². The van der Waals surface area contributed by atoms with Crippen LogP contribution in [0, 0.1) is 0 Å². The van der Waals surface area contributed by atoms with Gasteiger partial charge < -0.3 is 5.32 Å². The number of rotatable bonds is 4. The van der Waals surface area contributed by atoms with E-state index < -0.39 is 0 Å². The first kappa shape index (κ1) is 12.5. The molecule has 5 heteroatoms. The largest absolute Gasteiger partial charge is 0.367 e. The van der Waals surface area contributed by atoms with Crippen LogP contribution in [0.2, 0.25) is 0 Å². The number of nitrogens with zero attached hydrogens (tertiary/aromatic N) is 2. The van der Waals surface area contributed by atoms with Gasteiger partial charge in [0.05, 0.1) is 6.20 Å². The number of hydrogen-bond acceptors (Lipinski definition) is 3. The molecular formula is C12H11Br2N3. The maximum Gasteiger partial charge on any atom is 0.159 e. The summed E-state index contributed by atoms with van der Waals surface area (Å²) in [6, 6.07) is 10.3. The van der Waals surface area contributed by atoms with Gasteiger partial charge in [0.2, 0.25) is 0 Å². The number of aromatic nitrogens is 2. The van der Waals surface area contributed by atoms with Crippen molar-refractivity contribution in [3.05, 3.63) is 51.3 Å². The molecule has 3 nitrogen and oxygen atoms in total. The zero-order valence-corrected chi connectivity index (χ0v) is 12.2. The fourth-order valence-corrected chi connectivity index (χ4v) is 2.39. The number of hydrogen-bond donors (Lipinski definition) is 1. The summed E-state index contributed by atoms with van der Waals surface area (Å²) in [6.45, 7) is 0.832. The Morgan fingerprint density at radius 2 is 1.88 bits per heavy atom.